The molecule has 0 spiro atoms. The summed E-state index contributed by atoms with van der Waals surface area (Å²) in [6.07, 6.45) is 5.65. The molecule has 0 aliphatic rings. The normalized spacial score (nSPS) is 10.1. The molecule has 0 aliphatic heterocycles. The van der Waals surface area contributed by atoms with Crippen LogP contribution in [0.15, 0.2) is 48.8 Å². The smallest absolute Gasteiger partial charge is 0.0406 e. The minimum absolute atomic E-state index is 0.758. The fraction of sp³-hybridized carbons (Fsp3) is 0. The number of hydrogen-bond acceptors (Lipinski definition) is 1. The summed E-state index contributed by atoms with van der Waals surface area (Å²) in [5.74, 6) is 0. The van der Waals surface area contributed by atoms with Crippen LogP contribution in [0, 0.1) is 6.42 Å². The van der Waals surface area contributed by atoms with Crippen molar-refractivity contribution < 1.29 is 0 Å². The Morgan fingerprint density at radius 2 is 1.79 bits per heavy atom. The predicted octanol–water partition coefficient (Wildman–Crippen LogP) is 3.34. The second-order valence-corrected chi connectivity index (χ2v) is 3.42. The third kappa shape index (κ3) is 2.33. The Morgan fingerprint density at radius 3 is 2.43 bits per heavy atom. The van der Waals surface area contributed by atoms with Crippen LogP contribution in [0.2, 0.25) is 5.02 Å². The molecule has 1 aromatic heterocycles. The molecule has 14 heavy (non-hydrogen) atoms. The second-order valence-electron chi connectivity index (χ2n) is 2.98. The van der Waals surface area contributed by atoms with E-state index < -0.39 is 0 Å². The molecule has 0 fully saturated rings. The zero-order chi connectivity index (χ0) is 9.80. The topological polar surface area (TPSA) is 12.9 Å². The molecular formula is C12H9ClN. The fourth-order valence-corrected chi connectivity index (χ4v) is 1.34. The molecule has 1 nitrogen and oxygen atoms in total. The van der Waals surface area contributed by atoms with Gasteiger partial charge in [-0.2, -0.15) is 0 Å². The number of halogens is 1. The van der Waals surface area contributed by atoms with E-state index >= 15 is 0 Å². The number of rotatable bonds is 2. The number of aromatic nitrogens is 1. The van der Waals surface area contributed by atoms with Crippen LogP contribution in [-0.2, 0) is 0 Å². The maximum atomic E-state index is 5.79. The molecule has 1 heterocycles. The van der Waals surface area contributed by atoms with Crippen molar-refractivity contribution in [1.82, 2.24) is 4.98 Å². The Balaban J connectivity index is 2.16. The summed E-state index contributed by atoms with van der Waals surface area (Å²) in [7, 11) is 0. The molecule has 0 amide bonds. The van der Waals surface area contributed by atoms with Crippen LogP contribution in [0.25, 0.3) is 0 Å². The predicted molar refractivity (Wildman–Crippen MR) is 58.2 cm³/mol. The van der Waals surface area contributed by atoms with Gasteiger partial charge >= 0.3 is 0 Å². The molecule has 0 aliphatic carbocycles. The molecular weight excluding hydrogens is 194 g/mol. The van der Waals surface area contributed by atoms with Gasteiger partial charge in [-0.15, -0.1) is 0 Å². The van der Waals surface area contributed by atoms with E-state index in [1.54, 1.807) is 6.20 Å². The minimum Gasteiger partial charge on any atom is -0.264 e. The lowest BCUT2D eigenvalue weighted by Gasteiger charge is -2.00. The van der Waals surface area contributed by atoms with Crippen molar-refractivity contribution in [2.24, 2.45) is 0 Å². The van der Waals surface area contributed by atoms with Crippen LogP contribution >= 0.6 is 11.6 Å². The molecule has 2 heteroatoms. The first-order valence-electron chi connectivity index (χ1n) is 4.35. The molecule has 69 valence electrons. The SMILES string of the molecule is Clc1ccc([CH]c2cccnc2)cc1. The van der Waals surface area contributed by atoms with Gasteiger partial charge in [-0.1, -0.05) is 29.8 Å². The second kappa shape index (κ2) is 4.25. The van der Waals surface area contributed by atoms with Crippen LogP contribution in [0.3, 0.4) is 0 Å². The maximum Gasteiger partial charge on any atom is 0.0406 e. The van der Waals surface area contributed by atoms with Crippen molar-refractivity contribution >= 4 is 11.6 Å². The van der Waals surface area contributed by atoms with E-state index in [-0.39, 0.29) is 0 Å². The van der Waals surface area contributed by atoms with Gasteiger partial charge in [0.25, 0.3) is 0 Å². The molecule has 2 rings (SSSR count). The molecule has 2 aromatic rings. The first-order valence-corrected chi connectivity index (χ1v) is 4.73. The lowest BCUT2D eigenvalue weighted by atomic mass is 10.1. The van der Waals surface area contributed by atoms with Crippen LogP contribution in [0.5, 0.6) is 0 Å². The summed E-state index contributed by atoms with van der Waals surface area (Å²) in [5.41, 5.74) is 2.22. The lowest BCUT2D eigenvalue weighted by molar-refractivity contribution is 1.28. The summed E-state index contributed by atoms with van der Waals surface area (Å²) in [4.78, 5) is 4.04. The average molecular weight is 203 g/mol. The Kier molecular flexibility index (Phi) is 2.80. The summed E-state index contributed by atoms with van der Waals surface area (Å²) < 4.78 is 0. The molecule has 0 atom stereocenters. The van der Waals surface area contributed by atoms with Gasteiger partial charge in [-0.05, 0) is 29.3 Å². The van der Waals surface area contributed by atoms with Crippen molar-refractivity contribution in [3.63, 3.8) is 0 Å². The van der Waals surface area contributed by atoms with Gasteiger partial charge in [0.1, 0.15) is 0 Å². The monoisotopic (exact) mass is 202 g/mol. The molecule has 0 unspecified atom stereocenters. The Labute approximate surface area is 88.4 Å². The third-order valence-electron chi connectivity index (χ3n) is 1.89. The summed E-state index contributed by atoms with van der Waals surface area (Å²) in [6, 6.07) is 11.7. The summed E-state index contributed by atoms with van der Waals surface area (Å²) in [6.45, 7) is 0. The quantitative estimate of drug-likeness (QED) is 0.728. The largest absolute Gasteiger partial charge is 0.264 e. The first-order chi connectivity index (χ1) is 6.84. The molecule has 0 N–H and O–H groups in total. The van der Waals surface area contributed by atoms with Crippen LogP contribution < -0.4 is 0 Å². The lowest BCUT2D eigenvalue weighted by Crippen LogP contribution is -1.84. The summed E-state index contributed by atoms with van der Waals surface area (Å²) >= 11 is 5.79. The van der Waals surface area contributed by atoms with Crippen molar-refractivity contribution in [3.05, 3.63) is 71.4 Å². The van der Waals surface area contributed by atoms with Gasteiger partial charge in [0.2, 0.25) is 0 Å². The van der Waals surface area contributed by atoms with E-state index in [4.69, 9.17) is 11.6 Å². The van der Waals surface area contributed by atoms with Crippen molar-refractivity contribution in [2.75, 3.05) is 0 Å². The highest BCUT2D eigenvalue weighted by Crippen LogP contribution is 2.14. The first kappa shape index (κ1) is 9.22. The molecule has 0 bridgehead atoms. The fourth-order valence-electron chi connectivity index (χ4n) is 1.21. The van der Waals surface area contributed by atoms with E-state index in [0.29, 0.717) is 0 Å². The van der Waals surface area contributed by atoms with Gasteiger partial charge < -0.3 is 0 Å². The number of pyridine rings is 1. The zero-order valence-corrected chi connectivity index (χ0v) is 8.28. The highest BCUT2D eigenvalue weighted by atomic mass is 35.5. The van der Waals surface area contributed by atoms with E-state index in [1.165, 1.54) is 0 Å². The van der Waals surface area contributed by atoms with Gasteiger partial charge in [-0.3, -0.25) is 4.98 Å². The standard InChI is InChI=1S/C12H9ClN/c13-12-5-3-10(4-6-12)8-11-2-1-7-14-9-11/h1-9H. The van der Waals surface area contributed by atoms with E-state index in [0.717, 1.165) is 16.1 Å². The Morgan fingerprint density at radius 1 is 1.00 bits per heavy atom. The maximum absolute atomic E-state index is 5.79. The number of nitrogens with zero attached hydrogens (tertiary/aromatic N) is 1. The van der Waals surface area contributed by atoms with Crippen molar-refractivity contribution in [3.8, 4) is 0 Å². The average Bonchev–Trinajstić information content (AvgIpc) is 2.23. The highest BCUT2D eigenvalue weighted by molar-refractivity contribution is 6.30. The summed E-state index contributed by atoms with van der Waals surface area (Å²) in [5, 5.41) is 0.758. The van der Waals surface area contributed by atoms with E-state index in [9.17, 15) is 0 Å². The molecule has 0 saturated carbocycles. The molecule has 0 saturated heterocycles. The van der Waals surface area contributed by atoms with Gasteiger partial charge in [-0.25, -0.2) is 0 Å². The van der Waals surface area contributed by atoms with Crippen LogP contribution in [0.4, 0.5) is 0 Å². The molecule has 1 aromatic carbocycles. The van der Waals surface area contributed by atoms with Crippen molar-refractivity contribution in [1.29, 1.82) is 0 Å². The van der Waals surface area contributed by atoms with Crippen LogP contribution in [-0.4, -0.2) is 4.98 Å². The minimum atomic E-state index is 0.758. The van der Waals surface area contributed by atoms with Gasteiger partial charge in [0, 0.05) is 23.8 Å². The van der Waals surface area contributed by atoms with Gasteiger partial charge in [0.05, 0.1) is 0 Å². The van der Waals surface area contributed by atoms with E-state index in [2.05, 4.69) is 11.4 Å². The van der Waals surface area contributed by atoms with E-state index in [1.807, 2.05) is 42.6 Å². The number of hydrogen-bond donors (Lipinski definition) is 0. The molecule has 1 radical (unpaired) electrons. The van der Waals surface area contributed by atoms with Crippen LogP contribution in [0.1, 0.15) is 11.1 Å². The third-order valence-corrected chi connectivity index (χ3v) is 2.14. The Hall–Kier alpha value is -1.34. The Bertz CT molecular complexity index is 394. The van der Waals surface area contributed by atoms with Crippen molar-refractivity contribution in [2.45, 2.75) is 0 Å². The number of benzene rings is 1. The highest BCUT2D eigenvalue weighted by Gasteiger charge is 1.96. The zero-order valence-electron chi connectivity index (χ0n) is 7.52. The van der Waals surface area contributed by atoms with Gasteiger partial charge in [0.15, 0.2) is 0 Å².